The molecule has 1 aliphatic heterocycles. The number of alkyl carbamates (subject to hydrolysis) is 1. The number of rotatable bonds is 6. The lowest BCUT2D eigenvalue weighted by molar-refractivity contribution is 0.0510. The first-order chi connectivity index (χ1) is 10.2. The van der Waals surface area contributed by atoms with Crippen LogP contribution in [0, 0.1) is 10.8 Å². The van der Waals surface area contributed by atoms with E-state index in [1.165, 1.54) is 28.8 Å². The third-order valence-electron chi connectivity index (χ3n) is 2.54. The van der Waals surface area contributed by atoms with Crippen LogP contribution in [0.1, 0.15) is 20.8 Å². The number of hydrogen-bond acceptors (Lipinski definition) is 8. The van der Waals surface area contributed by atoms with Gasteiger partial charge in [-0.15, -0.1) is 0 Å². The van der Waals surface area contributed by atoms with Crippen LogP contribution in [0.3, 0.4) is 0 Å². The summed E-state index contributed by atoms with van der Waals surface area (Å²) in [6.07, 6.45) is -0.559. The van der Waals surface area contributed by atoms with Crippen molar-refractivity contribution in [1.82, 2.24) is 9.39 Å². The van der Waals surface area contributed by atoms with Crippen molar-refractivity contribution >= 4 is 51.4 Å². The Kier molecular flexibility index (Phi) is 8.15. The van der Waals surface area contributed by atoms with Gasteiger partial charge in [-0.3, -0.25) is 5.41 Å². The molecular formula is C11H22N3O4PS3. The minimum atomic E-state index is -2.51. The zero-order chi connectivity index (χ0) is 16.8. The van der Waals surface area contributed by atoms with E-state index in [4.69, 9.17) is 31.0 Å². The Labute approximate surface area is 144 Å². The minimum absolute atomic E-state index is 0.0341. The lowest BCUT2D eigenvalue weighted by Crippen LogP contribution is -2.32. The molecule has 0 aromatic heterocycles. The predicted octanol–water partition coefficient (Wildman–Crippen LogP) is 3.24. The van der Waals surface area contributed by atoms with E-state index in [1.807, 2.05) is 11.0 Å². The van der Waals surface area contributed by atoms with Gasteiger partial charge in [-0.2, -0.15) is 4.08 Å². The molecule has 22 heavy (non-hydrogen) atoms. The molecule has 1 amide bonds. The molecule has 0 radical (unpaired) electrons. The molecule has 1 aliphatic rings. The predicted molar refractivity (Wildman–Crippen MR) is 95.7 cm³/mol. The van der Waals surface area contributed by atoms with Crippen LogP contribution in [0.5, 0.6) is 0 Å². The molecule has 0 saturated carbocycles. The van der Waals surface area contributed by atoms with Gasteiger partial charge in [0.2, 0.25) is 0 Å². The maximum absolute atomic E-state index is 11.0. The first-order valence-electron chi connectivity index (χ1n) is 6.66. The highest BCUT2D eigenvalue weighted by Gasteiger charge is 2.38. The van der Waals surface area contributed by atoms with Crippen LogP contribution in [0.25, 0.3) is 0 Å². The fraction of sp³-hybridized carbons (Fsp3) is 0.818. The van der Waals surface area contributed by atoms with Crippen LogP contribution in [-0.4, -0.2) is 48.6 Å². The quantitative estimate of drug-likeness (QED) is 0.236. The molecule has 0 aromatic rings. The van der Waals surface area contributed by atoms with Crippen molar-refractivity contribution in [1.29, 1.82) is 5.41 Å². The molecular weight excluding hydrogens is 365 g/mol. The summed E-state index contributed by atoms with van der Waals surface area (Å²) in [6.45, 7) is 5.25. The van der Waals surface area contributed by atoms with Crippen LogP contribution in [-0.2, 0) is 25.6 Å². The number of ether oxygens (including phenoxy) is 1. The third kappa shape index (κ3) is 6.35. The van der Waals surface area contributed by atoms with E-state index in [9.17, 15) is 4.79 Å². The summed E-state index contributed by atoms with van der Waals surface area (Å²) in [4.78, 5) is 11.0. The highest BCUT2D eigenvalue weighted by Crippen LogP contribution is 2.61. The van der Waals surface area contributed by atoms with E-state index < -0.39 is 12.7 Å². The highest BCUT2D eigenvalue weighted by molar-refractivity contribution is 8.82. The van der Waals surface area contributed by atoms with Crippen LogP contribution < -0.4 is 5.32 Å². The van der Waals surface area contributed by atoms with Gasteiger partial charge < -0.3 is 19.1 Å². The molecule has 1 rings (SSSR count). The Morgan fingerprint density at radius 3 is 2.59 bits per heavy atom. The van der Waals surface area contributed by atoms with Crippen molar-refractivity contribution in [3.05, 3.63) is 0 Å². The molecule has 0 bridgehead atoms. The Morgan fingerprint density at radius 2 is 2.09 bits per heavy atom. The molecule has 7 nitrogen and oxygen atoms in total. The highest BCUT2D eigenvalue weighted by atomic mass is 33.1. The SMILES string of the molecule is CCN(SSC(=N)COC(=O)NC)P1(=S)OCC(C)(C)CO1. The zero-order valence-electron chi connectivity index (χ0n) is 13.1. The van der Waals surface area contributed by atoms with Crippen LogP contribution in [0.2, 0.25) is 0 Å². The van der Waals surface area contributed by atoms with Crippen LogP contribution in [0.15, 0.2) is 0 Å². The largest absolute Gasteiger partial charge is 0.442 e. The summed E-state index contributed by atoms with van der Waals surface area (Å²) in [5, 5.41) is 10.3. The molecule has 2 N–H and O–H groups in total. The monoisotopic (exact) mass is 387 g/mol. The average molecular weight is 387 g/mol. The molecule has 11 heteroatoms. The van der Waals surface area contributed by atoms with Gasteiger partial charge in [-0.05, 0) is 22.6 Å². The summed E-state index contributed by atoms with van der Waals surface area (Å²) >= 11 is 5.55. The minimum Gasteiger partial charge on any atom is -0.442 e. The van der Waals surface area contributed by atoms with E-state index in [0.29, 0.717) is 19.8 Å². The Hall–Kier alpha value is 0.170. The lowest BCUT2D eigenvalue weighted by atomic mass is 9.97. The van der Waals surface area contributed by atoms with E-state index >= 15 is 0 Å². The number of carbonyl (C=O) groups is 1. The fourth-order valence-electron chi connectivity index (χ4n) is 1.30. The van der Waals surface area contributed by atoms with E-state index in [1.54, 1.807) is 0 Å². The fourth-order valence-corrected chi connectivity index (χ4v) is 7.43. The number of nitrogens with one attached hydrogen (secondary N) is 2. The van der Waals surface area contributed by atoms with Crippen molar-refractivity contribution in [3.63, 3.8) is 0 Å². The number of amides is 1. The third-order valence-corrected chi connectivity index (χ3v) is 9.23. The summed E-state index contributed by atoms with van der Waals surface area (Å²) in [5.74, 6) is 0. The Bertz CT molecular complexity index is 450. The average Bonchev–Trinajstić information content (AvgIpc) is 2.48. The van der Waals surface area contributed by atoms with Gasteiger partial charge in [0.1, 0.15) is 11.7 Å². The number of nitrogens with zero attached hydrogens (tertiary/aromatic N) is 1. The molecule has 0 unspecified atom stereocenters. The molecule has 1 heterocycles. The summed E-state index contributed by atoms with van der Waals surface area (Å²) in [5.41, 5.74) is -0.0341. The van der Waals surface area contributed by atoms with Crippen LogP contribution >= 0.6 is 28.4 Å². The van der Waals surface area contributed by atoms with Crippen molar-refractivity contribution in [2.75, 3.05) is 33.4 Å². The van der Waals surface area contributed by atoms with Gasteiger partial charge in [0, 0.05) is 30.0 Å². The van der Waals surface area contributed by atoms with Gasteiger partial charge in [-0.25, -0.2) is 4.79 Å². The zero-order valence-corrected chi connectivity index (χ0v) is 16.4. The topological polar surface area (TPSA) is 83.9 Å². The summed E-state index contributed by atoms with van der Waals surface area (Å²) in [7, 11) is 3.95. The van der Waals surface area contributed by atoms with Gasteiger partial charge >= 0.3 is 6.09 Å². The Morgan fingerprint density at radius 1 is 1.50 bits per heavy atom. The summed E-state index contributed by atoms with van der Waals surface area (Å²) in [6, 6.07) is 0. The number of carbonyl (C=O) groups excluding carboxylic acids is 1. The normalized spacial score (nSPS) is 19.7. The molecule has 0 spiro atoms. The lowest BCUT2D eigenvalue weighted by Gasteiger charge is -2.40. The number of hydrogen-bond donors (Lipinski definition) is 2. The van der Waals surface area contributed by atoms with Gasteiger partial charge in [-0.1, -0.05) is 20.8 Å². The van der Waals surface area contributed by atoms with Gasteiger partial charge in [0.25, 0.3) is 6.64 Å². The van der Waals surface area contributed by atoms with Gasteiger partial charge in [0.05, 0.1) is 13.2 Å². The van der Waals surface area contributed by atoms with Crippen molar-refractivity contribution in [3.8, 4) is 0 Å². The first-order valence-corrected chi connectivity index (χ1v) is 11.4. The van der Waals surface area contributed by atoms with Crippen LogP contribution in [0.4, 0.5) is 4.79 Å². The Balaban J connectivity index is 2.46. The molecule has 1 saturated heterocycles. The summed E-state index contributed by atoms with van der Waals surface area (Å²) < 4.78 is 18.3. The second-order valence-electron chi connectivity index (χ2n) is 5.26. The molecule has 0 aromatic carbocycles. The first kappa shape index (κ1) is 20.2. The van der Waals surface area contributed by atoms with E-state index in [2.05, 4.69) is 19.2 Å². The molecule has 128 valence electrons. The van der Waals surface area contributed by atoms with E-state index in [-0.39, 0.29) is 17.1 Å². The van der Waals surface area contributed by atoms with Crippen molar-refractivity contribution in [2.45, 2.75) is 20.8 Å². The molecule has 0 aliphatic carbocycles. The van der Waals surface area contributed by atoms with Crippen molar-refractivity contribution in [2.24, 2.45) is 5.41 Å². The second-order valence-corrected chi connectivity index (χ2v) is 11.0. The van der Waals surface area contributed by atoms with Gasteiger partial charge in [0.15, 0.2) is 0 Å². The smallest absolute Gasteiger partial charge is 0.407 e. The van der Waals surface area contributed by atoms with E-state index in [0.717, 1.165) is 0 Å². The standard InChI is InChI=1S/C11H22N3O4PS3/c1-5-14(19(20)17-7-11(2,3)8-18-19)22-21-9(12)6-16-10(15)13-4/h12H,5-8H2,1-4H3,(H,13,15). The maximum Gasteiger partial charge on any atom is 0.407 e. The van der Waals surface area contributed by atoms with Crippen molar-refractivity contribution < 1.29 is 18.6 Å². The second kappa shape index (κ2) is 8.86. The maximum atomic E-state index is 11.0. The molecule has 0 atom stereocenters. The molecule has 1 fully saturated rings.